The maximum absolute atomic E-state index is 11.9. The first-order chi connectivity index (χ1) is 13.4. The van der Waals surface area contributed by atoms with E-state index in [2.05, 4.69) is 20.8 Å². The molecular weight excluding hydrogens is 398 g/mol. The summed E-state index contributed by atoms with van der Waals surface area (Å²) in [5, 5.41) is 11.0. The number of aromatic nitrogens is 1. The summed E-state index contributed by atoms with van der Waals surface area (Å²) < 4.78 is 5.18. The normalized spacial score (nSPS) is 11.4. The molecule has 1 amide bonds. The van der Waals surface area contributed by atoms with Crippen molar-refractivity contribution in [3.8, 4) is 0 Å². The third-order valence-corrected chi connectivity index (χ3v) is 5.22. The fourth-order valence-corrected chi connectivity index (χ4v) is 3.14. The van der Waals surface area contributed by atoms with Crippen LogP contribution >= 0.6 is 23.4 Å². The third kappa shape index (κ3) is 7.09. The SMILES string of the molecule is Cc1noc(C)c1CN=C(NCCSc1ccc(Cl)cc1)NCC(=O)N(C)C. The molecule has 9 heteroatoms. The van der Waals surface area contributed by atoms with Crippen LogP contribution in [0.2, 0.25) is 5.02 Å². The number of carbonyl (C=O) groups is 1. The van der Waals surface area contributed by atoms with E-state index < -0.39 is 0 Å². The summed E-state index contributed by atoms with van der Waals surface area (Å²) in [6.45, 7) is 5.04. The summed E-state index contributed by atoms with van der Waals surface area (Å²) in [6.07, 6.45) is 0. The standard InChI is InChI=1S/C19H26ClN5O2S/c1-13-17(14(2)27-24-13)11-22-19(23-12-18(26)25(3)4)21-9-10-28-16-7-5-15(20)6-8-16/h5-8H,9-12H2,1-4H3,(H2,21,22,23). The quantitative estimate of drug-likeness (QED) is 0.294. The average Bonchev–Trinajstić information content (AvgIpc) is 2.99. The van der Waals surface area contributed by atoms with Crippen LogP contribution in [0.5, 0.6) is 0 Å². The van der Waals surface area contributed by atoms with Crippen molar-refractivity contribution < 1.29 is 9.32 Å². The molecule has 28 heavy (non-hydrogen) atoms. The van der Waals surface area contributed by atoms with E-state index in [0.29, 0.717) is 19.0 Å². The lowest BCUT2D eigenvalue weighted by molar-refractivity contribution is -0.127. The van der Waals surface area contributed by atoms with Crippen molar-refractivity contribution in [3.63, 3.8) is 0 Å². The Hall–Kier alpha value is -2.19. The summed E-state index contributed by atoms with van der Waals surface area (Å²) in [7, 11) is 3.45. The van der Waals surface area contributed by atoms with Crippen molar-refractivity contribution in [2.24, 2.45) is 4.99 Å². The number of aryl methyl sites for hydroxylation is 2. The maximum atomic E-state index is 11.9. The van der Waals surface area contributed by atoms with E-state index >= 15 is 0 Å². The van der Waals surface area contributed by atoms with Gasteiger partial charge in [-0.25, -0.2) is 4.99 Å². The highest BCUT2D eigenvalue weighted by Crippen LogP contribution is 2.19. The number of aliphatic imine (C=N–C) groups is 1. The van der Waals surface area contributed by atoms with Gasteiger partial charge in [0, 0.05) is 41.9 Å². The zero-order chi connectivity index (χ0) is 20.5. The molecule has 2 aromatic rings. The van der Waals surface area contributed by atoms with Gasteiger partial charge in [-0.3, -0.25) is 4.79 Å². The molecule has 2 N–H and O–H groups in total. The van der Waals surface area contributed by atoms with Crippen molar-refractivity contribution in [3.05, 3.63) is 46.3 Å². The summed E-state index contributed by atoms with van der Waals surface area (Å²) in [5.74, 6) is 2.15. The lowest BCUT2D eigenvalue weighted by Gasteiger charge is -2.15. The van der Waals surface area contributed by atoms with Crippen LogP contribution in [0, 0.1) is 13.8 Å². The largest absolute Gasteiger partial charge is 0.361 e. The minimum Gasteiger partial charge on any atom is -0.361 e. The Balaban J connectivity index is 1.91. The number of hydrogen-bond donors (Lipinski definition) is 2. The molecule has 0 aliphatic carbocycles. The van der Waals surface area contributed by atoms with Crippen molar-refractivity contribution >= 4 is 35.2 Å². The Morgan fingerprint density at radius 2 is 1.96 bits per heavy atom. The predicted octanol–water partition coefficient (Wildman–Crippen LogP) is 2.86. The number of amides is 1. The molecule has 0 radical (unpaired) electrons. The van der Waals surface area contributed by atoms with Crippen molar-refractivity contribution in [2.45, 2.75) is 25.3 Å². The van der Waals surface area contributed by atoms with Crippen LogP contribution in [0.25, 0.3) is 0 Å². The van der Waals surface area contributed by atoms with Gasteiger partial charge < -0.3 is 20.1 Å². The molecule has 2 rings (SSSR count). The minimum absolute atomic E-state index is 0.0256. The number of nitrogens with one attached hydrogen (secondary N) is 2. The molecule has 0 fully saturated rings. The molecular formula is C19H26ClN5O2S. The van der Waals surface area contributed by atoms with Gasteiger partial charge in [-0.15, -0.1) is 11.8 Å². The van der Waals surface area contributed by atoms with Crippen LogP contribution < -0.4 is 10.6 Å². The summed E-state index contributed by atoms with van der Waals surface area (Å²) >= 11 is 7.63. The molecule has 0 bridgehead atoms. The Labute approximate surface area is 174 Å². The van der Waals surface area contributed by atoms with Crippen molar-refractivity contribution in [2.75, 3.05) is 32.9 Å². The van der Waals surface area contributed by atoms with Crippen LogP contribution in [0.4, 0.5) is 0 Å². The molecule has 1 heterocycles. The fraction of sp³-hybridized carbons (Fsp3) is 0.421. The number of carbonyl (C=O) groups excluding carboxylic acids is 1. The van der Waals surface area contributed by atoms with E-state index in [1.54, 1.807) is 25.9 Å². The lowest BCUT2D eigenvalue weighted by atomic mass is 10.2. The van der Waals surface area contributed by atoms with Gasteiger partial charge in [0.25, 0.3) is 0 Å². The van der Waals surface area contributed by atoms with Gasteiger partial charge >= 0.3 is 0 Å². The summed E-state index contributed by atoms with van der Waals surface area (Å²) in [4.78, 5) is 19.1. The first kappa shape index (κ1) is 22.1. The lowest BCUT2D eigenvalue weighted by Crippen LogP contribution is -2.43. The zero-order valence-electron chi connectivity index (χ0n) is 16.6. The van der Waals surface area contributed by atoms with Crippen LogP contribution in [-0.4, -0.2) is 54.9 Å². The molecule has 1 aromatic carbocycles. The summed E-state index contributed by atoms with van der Waals surface area (Å²) in [6, 6.07) is 7.74. The number of hydrogen-bond acceptors (Lipinski definition) is 5. The van der Waals surface area contributed by atoms with Gasteiger partial charge in [-0.05, 0) is 38.1 Å². The number of halogens is 1. The first-order valence-corrected chi connectivity index (χ1v) is 10.3. The monoisotopic (exact) mass is 423 g/mol. The number of nitrogens with zero attached hydrogens (tertiary/aromatic N) is 3. The van der Waals surface area contributed by atoms with Gasteiger partial charge in [0.1, 0.15) is 5.76 Å². The predicted molar refractivity (Wildman–Crippen MR) is 114 cm³/mol. The van der Waals surface area contributed by atoms with E-state index in [4.69, 9.17) is 16.1 Å². The number of benzene rings is 1. The van der Waals surface area contributed by atoms with E-state index in [9.17, 15) is 4.79 Å². The topological polar surface area (TPSA) is 82.8 Å². The first-order valence-electron chi connectivity index (χ1n) is 8.89. The molecule has 0 saturated heterocycles. The van der Waals surface area contributed by atoms with Gasteiger partial charge in [0.05, 0.1) is 18.8 Å². The van der Waals surface area contributed by atoms with E-state index in [-0.39, 0.29) is 12.5 Å². The molecule has 0 aliphatic heterocycles. The van der Waals surface area contributed by atoms with Crippen LogP contribution in [0.3, 0.4) is 0 Å². The second-order valence-corrected chi connectivity index (χ2v) is 7.94. The Bertz CT molecular complexity index is 786. The van der Waals surface area contributed by atoms with Gasteiger partial charge in [-0.2, -0.15) is 0 Å². The highest BCUT2D eigenvalue weighted by atomic mass is 35.5. The number of likely N-dealkylation sites (N-methyl/N-ethyl adjacent to an activating group) is 1. The highest BCUT2D eigenvalue weighted by molar-refractivity contribution is 7.99. The Morgan fingerprint density at radius 3 is 2.57 bits per heavy atom. The van der Waals surface area contributed by atoms with E-state index in [1.807, 2.05) is 38.1 Å². The fourth-order valence-electron chi connectivity index (χ4n) is 2.25. The smallest absolute Gasteiger partial charge is 0.241 e. The van der Waals surface area contributed by atoms with Crippen molar-refractivity contribution in [1.29, 1.82) is 0 Å². The number of guanidine groups is 1. The second-order valence-electron chi connectivity index (χ2n) is 6.34. The van der Waals surface area contributed by atoms with E-state index in [1.165, 1.54) is 4.90 Å². The van der Waals surface area contributed by atoms with Gasteiger partial charge in [0.2, 0.25) is 5.91 Å². The molecule has 0 saturated carbocycles. The zero-order valence-corrected chi connectivity index (χ0v) is 18.2. The van der Waals surface area contributed by atoms with Crippen LogP contribution in [-0.2, 0) is 11.3 Å². The molecule has 0 atom stereocenters. The van der Waals surface area contributed by atoms with Crippen molar-refractivity contribution in [1.82, 2.24) is 20.7 Å². The minimum atomic E-state index is -0.0256. The number of rotatable bonds is 8. The van der Waals surface area contributed by atoms with Gasteiger partial charge in [0.15, 0.2) is 5.96 Å². The Morgan fingerprint density at radius 1 is 1.25 bits per heavy atom. The summed E-state index contributed by atoms with van der Waals surface area (Å²) in [5.41, 5.74) is 1.78. The van der Waals surface area contributed by atoms with E-state index in [0.717, 1.165) is 32.7 Å². The highest BCUT2D eigenvalue weighted by Gasteiger charge is 2.10. The third-order valence-electron chi connectivity index (χ3n) is 3.96. The van der Waals surface area contributed by atoms with Gasteiger partial charge in [-0.1, -0.05) is 16.8 Å². The van der Waals surface area contributed by atoms with Crippen LogP contribution in [0.1, 0.15) is 17.0 Å². The molecule has 0 unspecified atom stereocenters. The molecule has 0 aliphatic rings. The molecule has 0 spiro atoms. The molecule has 7 nitrogen and oxygen atoms in total. The molecule has 1 aromatic heterocycles. The Kier molecular flexibility index (Phi) is 8.66. The molecule has 152 valence electrons. The maximum Gasteiger partial charge on any atom is 0.241 e. The second kappa shape index (κ2) is 11.0. The number of thioether (sulfide) groups is 1. The van der Waals surface area contributed by atoms with Crippen LogP contribution in [0.15, 0.2) is 38.7 Å². The average molecular weight is 424 g/mol.